The minimum absolute atomic E-state index is 0.0570. The maximum atomic E-state index is 13.3. The highest BCUT2D eigenvalue weighted by atomic mass is 19.1. The van der Waals surface area contributed by atoms with Crippen molar-refractivity contribution in [2.24, 2.45) is 0 Å². The Kier molecular flexibility index (Phi) is 6.77. The molecule has 0 bridgehead atoms. The zero-order valence-corrected chi connectivity index (χ0v) is 17.9. The van der Waals surface area contributed by atoms with Gasteiger partial charge in [0.1, 0.15) is 12.1 Å². The SMILES string of the molecule is Cc1cccc(CN(Cc2ccc(F)cc2)Cc2nc(C(=O)N3CCCCC3)co2)c1. The summed E-state index contributed by atoms with van der Waals surface area (Å²) in [7, 11) is 0. The van der Waals surface area contributed by atoms with E-state index in [0.717, 1.165) is 31.5 Å². The summed E-state index contributed by atoms with van der Waals surface area (Å²) < 4.78 is 19.0. The smallest absolute Gasteiger partial charge is 0.275 e. The molecule has 0 atom stereocenters. The Labute approximate surface area is 182 Å². The van der Waals surface area contributed by atoms with Gasteiger partial charge < -0.3 is 9.32 Å². The van der Waals surface area contributed by atoms with Gasteiger partial charge >= 0.3 is 0 Å². The first-order valence-corrected chi connectivity index (χ1v) is 10.8. The van der Waals surface area contributed by atoms with Crippen LogP contribution in [0.3, 0.4) is 0 Å². The summed E-state index contributed by atoms with van der Waals surface area (Å²) in [5.41, 5.74) is 3.75. The summed E-state index contributed by atoms with van der Waals surface area (Å²) in [6.45, 7) is 5.40. The molecule has 1 fully saturated rings. The number of likely N-dealkylation sites (tertiary alicyclic amines) is 1. The van der Waals surface area contributed by atoms with Crippen molar-refractivity contribution in [2.75, 3.05) is 13.1 Å². The number of aromatic nitrogens is 1. The van der Waals surface area contributed by atoms with E-state index in [2.05, 4.69) is 35.0 Å². The van der Waals surface area contributed by atoms with Crippen LogP contribution in [0.15, 0.2) is 59.2 Å². The molecular formula is C25H28FN3O2. The third-order valence-electron chi connectivity index (χ3n) is 5.58. The van der Waals surface area contributed by atoms with Gasteiger partial charge in [0.2, 0.25) is 5.89 Å². The number of carbonyl (C=O) groups excluding carboxylic acids is 1. The minimum Gasteiger partial charge on any atom is -0.447 e. The lowest BCUT2D eigenvalue weighted by molar-refractivity contribution is 0.0718. The summed E-state index contributed by atoms with van der Waals surface area (Å²) in [5.74, 6) is 0.205. The Bertz CT molecular complexity index is 1010. The lowest BCUT2D eigenvalue weighted by Crippen LogP contribution is -2.35. The summed E-state index contributed by atoms with van der Waals surface area (Å²) in [4.78, 5) is 21.2. The van der Waals surface area contributed by atoms with E-state index in [1.165, 1.54) is 35.9 Å². The number of hydrogen-bond acceptors (Lipinski definition) is 4. The second kappa shape index (κ2) is 9.88. The molecule has 2 aromatic carbocycles. The molecule has 6 heteroatoms. The normalized spacial score (nSPS) is 14.2. The monoisotopic (exact) mass is 421 g/mol. The number of rotatable bonds is 7. The average molecular weight is 422 g/mol. The molecule has 2 heterocycles. The van der Waals surface area contributed by atoms with E-state index in [4.69, 9.17) is 4.42 Å². The fourth-order valence-electron chi connectivity index (χ4n) is 4.02. The zero-order valence-electron chi connectivity index (χ0n) is 17.9. The maximum absolute atomic E-state index is 13.3. The van der Waals surface area contributed by atoms with Crippen LogP contribution in [0, 0.1) is 12.7 Å². The summed E-state index contributed by atoms with van der Waals surface area (Å²) in [5, 5.41) is 0. The highest BCUT2D eigenvalue weighted by Crippen LogP contribution is 2.17. The highest BCUT2D eigenvalue weighted by molar-refractivity contribution is 5.92. The summed E-state index contributed by atoms with van der Waals surface area (Å²) in [6, 6.07) is 14.9. The Balaban J connectivity index is 1.49. The van der Waals surface area contributed by atoms with Crippen LogP contribution in [0.1, 0.15) is 52.3 Å². The fraction of sp³-hybridized carbons (Fsp3) is 0.360. The van der Waals surface area contributed by atoms with Crippen molar-refractivity contribution in [2.45, 2.75) is 45.8 Å². The molecule has 0 saturated carbocycles. The van der Waals surface area contributed by atoms with E-state index in [-0.39, 0.29) is 11.7 Å². The van der Waals surface area contributed by atoms with Crippen molar-refractivity contribution in [3.05, 3.63) is 88.9 Å². The van der Waals surface area contributed by atoms with Gasteiger partial charge in [-0.15, -0.1) is 0 Å². The van der Waals surface area contributed by atoms with Crippen LogP contribution in [0.5, 0.6) is 0 Å². The van der Waals surface area contributed by atoms with Crippen molar-refractivity contribution in [1.29, 1.82) is 0 Å². The molecule has 1 aliphatic rings. The molecule has 0 spiro atoms. The van der Waals surface area contributed by atoms with Gasteiger partial charge in [-0.05, 0) is 49.4 Å². The van der Waals surface area contributed by atoms with Crippen LogP contribution in [-0.2, 0) is 19.6 Å². The average Bonchev–Trinajstić information content (AvgIpc) is 3.24. The second-order valence-electron chi connectivity index (χ2n) is 8.24. The molecule has 31 heavy (non-hydrogen) atoms. The van der Waals surface area contributed by atoms with Crippen molar-refractivity contribution in [3.8, 4) is 0 Å². The van der Waals surface area contributed by atoms with Gasteiger partial charge in [-0.3, -0.25) is 9.69 Å². The van der Waals surface area contributed by atoms with Crippen LogP contribution >= 0.6 is 0 Å². The zero-order chi connectivity index (χ0) is 21.6. The molecule has 1 saturated heterocycles. The lowest BCUT2D eigenvalue weighted by atomic mass is 10.1. The van der Waals surface area contributed by atoms with Crippen molar-refractivity contribution >= 4 is 5.91 Å². The van der Waals surface area contributed by atoms with Crippen molar-refractivity contribution < 1.29 is 13.6 Å². The van der Waals surface area contributed by atoms with Crippen molar-refractivity contribution in [1.82, 2.24) is 14.8 Å². The van der Waals surface area contributed by atoms with E-state index in [1.54, 1.807) is 12.1 Å². The molecule has 1 amide bonds. The van der Waals surface area contributed by atoms with Gasteiger partial charge in [0.05, 0.1) is 6.54 Å². The van der Waals surface area contributed by atoms with E-state index >= 15 is 0 Å². The highest BCUT2D eigenvalue weighted by Gasteiger charge is 2.22. The van der Waals surface area contributed by atoms with E-state index in [0.29, 0.717) is 31.2 Å². The standard InChI is InChI=1S/C25H28FN3O2/c1-19-6-5-7-21(14-19)16-28(15-20-8-10-22(26)11-9-20)17-24-27-23(18-31-24)25(30)29-12-3-2-4-13-29/h5-11,14,18H,2-4,12-13,15-17H2,1H3. The van der Waals surface area contributed by atoms with Crippen molar-refractivity contribution in [3.63, 3.8) is 0 Å². The van der Waals surface area contributed by atoms with Crippen LogP contribution in [0.2, 0.25) is 0 Å². The number of benzene rings is 2. The largest absolute Gasteiger partial charge is 0.447 e. The van der Waals surface area contributed by atoms with Gasteiger partial charge in [-0.1, -0.05) is 42.0 Å². The van der Waals surface area contributed by atoms with E-state index < -0.39 is 0 Å². The lowest BCUT2D eigenvalue weighted by Gasteiger charge is -2.25. The van der Waals surface area contributed by atoms with E-state index in [9.17, 15) is 9.18 Å². The quantitative estimate of drug-likeness (QED) is 0.542. The van der Waals surface area contributed by atoms with Gasteiger partial charge in [0, 0.05) is 26.2 Å². The Morgan fingerprint density at radius 1 is 1.03 bits per heavy atom. The molecule has 0 radical (unpaired) electrons. The molecule has 162 valence electrons. The van der Waals surface area contributed by atoms with Gasteiger partial charge in [0.25, 0.3) is 5.91 Å². The second-order valence-corrected chi connectivity index (χ2v) is 8.24. The van der Waals surface area contributed by atoms with Crippen LogP contribution in [-0.4, -0.2) is 33.8 Å². The first-order chi connectivity index (χ1) is 15.1. The fourth-order valence-corrected chi connectivity index (χ4v) is 4.02. The summed E-state index contributed by atoms with van der Waals surface area (Å²) >= 11 is 0. The number of amides is 1. The first-order valence-electron chi connectivity index (χ1n) is 10.8. The van der Waals surface area contributed by atoms with E-state index in [1.807, 2.05) is 11.0 Å². The molecule has 5 nitrogen and oxygen atoms in total. The molecule has 0 unspecified atom stereocenters. The molecule has 1 aliphatic heterocycles. The number of oxazole rings is 1. The molecule has 1 aromatic heterocycles. The number of hydrogen-bond donors (Lipinski definition) is 0. The molecular weight excluding hydrogens is 393 g/mol. The minimum atomic E-state index is -0.248. The number of halogens is 1. The Morgan fingerprint density at radius 2 is 1.77 bits per heavy atom. The predicted molar refractivity (Wildman–Crippen MR) is 117 cm³/mol. The summed E-state index contributed by atoms with van der Waals surface area (Å²) in [6.07, 6.45) is 4.72. The molecule has 0 N–H and O–H groups in total. The first kappa shape index (κ1) is 21.2. The van der Waals surface area contributed by atoms with Gasteiger partial charge in [-0.2, -0.15) is 0 Å². The number of aryl methyl sites for hydroxylation is 1. The Morgan fingerprint density at radius 3 is 2.52 bits per heavy atom. The molecule has 0 aliphatic carbocycles. The topological polar surface area (TPSA) is 49.6 Å². The third-order valence-corrected chi connectivity index (χ3v) is 5.58. The van der Waals surface area contributed by atoms with Crippen LogP contribution in [0.4, 0.5) is 4.39 Å². The number of piperidine rings is 1. The van der Waals surface area contributed by atoms with Crippen LogP contribution < -0.4 is 0 Å². The number of carbonyl (C=O) groups is 1. The maximum Gasteiger partial charge on any atom is 0.275 e. The number of nitrogens with zero attached hydrogens (tertiary/aromatic N) is 3. The van der Waals surface area contributed by atoms with Gasteiger partial charge in [-0.25, -0.2) is 9.37 Å². The predicted octanol–water partition coefficient (Wildman–Crippen LogP) is 4.95. The third kappa shape index (κ3) is 5.79. The van der Waals surface area contributed by atoms with Crippen LogP contribution in [0.25, 0.3) is 0 Å². The Hall–Kier alpha value is -2.99. The van der Waals surface area contributed by atoms with Gasteiger partial charge in [0.15, 0.2) is 5.69 Å². The molecule has 4 rings (SSSR count). The molecule has 3 aromatic rings.